The van der Waals surface area contributed by atoms with Gasteiger partial charge in [0.2, 0.25) is 0 Å². The van der Waals surface area contributed by atoms with Crippen LogP contribution in [0, 0.1) is 0 Å². The lowest BCUT2D eigenvalue weighted by Gasteiger charge is -2.35. The Bertz CT molecular complexity index is 4410. The van der Waals surface area contributed by atoms with Gasteiger partial charge < -0.3 is 29.2 Å². The van der Waals surface area contributed by atoms with Crippen LogP contribution >= 0.6 is 0 Å². The molecule has 0 aromatic heterocycles. The first-order chi connectivity index (χ1) is 45.4. The summed E-state index contributed by atoms with van der Waals surface area (Å²) in [6, 6.07) is 50.3. The number of amides is 4. The number of carbonyl (C=O) groups excluding carboxylic acids is 4. The second kappa shape index (κ2) is 23.6. The van der Waals surface area contributed by atoms with Gasteiger partial charge in [0, 0.05) is 55.9 Å². The number of fused-ring (bicyclic) bond motifs is 2. The van der Waals surface area contributed by atoms with Crippen LogP contribution in [0.25, 0.3) is 43.1 Å². The van der Waals surface area contributed by atoms with Gasteiger partial charge in [-0.1, -0.05) is 192 Å². The summed E-state index contributed by atoms with van der Waals surface area (Å²) in [7, 11) is 0. The van der Waals surface area contributed by atoms with Crippen LogP contribution in [0.5, 0.6) is 46.0 Å². The topological polar surface area (TPSA) is 186 Å². The summed E-state index contributed by atoms with van der Waals surface area (Å²) in [5.74, 6) is -4.97. The summed E-state index contributed by atoms with van der Waals surface area (Å²) in [6.45, 7) is 25.1. The molecule has 11 aromatic rings. The number of rotatable bonds is 16. The first-order valence-electron chi connectivity index (χ1n) is 32.2. The van der Waals surface area contributed by atoms with E-state index in [9.17, 15) is 19.8 Å². The molecule has 0 saturated carbocycles. The highest BCUT2D eigenvalue weighted by molar-refractivity contribution is 6.45. The molecule has 14 nitrogen and oxygen atoms in total. The molecule has 0 spiro atoms. The Hall–Kier alpha value is -10.9. The zero-order chi connectivity index (χ0) is 68.2. The minimum Gasteiger partial charge on any atom is -0.480 e. The maximum absolute atomic E-state index is 16.0. The number of ether oxygens (including phenoxy) is 4. The summed E-state index contributed by atoms with van der Waals surface area (Å²) in [6.07, 6.45) is -0.447. The number of nitrogens with zero attached hydrogens (tertiary/aromatic N) is 2. The van der Waals surface area contributed by atoms with E-state index in [1.807, 2.05) is 97.1 Å². The van der Waals surface area contributed by atoms with Gasteiger partial charge in [0.25, 0.3) is 23.6 Å². The average Bonchev–Trinajstić information content (AvgIpc) is 0.672. The maximum atomic E-state index is 16.0. The van der Waals surface area contributed by atoms with Gasteiger partial charge in [0.1, 0.15) is 58.1 Å². The molecule has 2 unspecified atom stereocenters. The van der Waals surface area contributed by atoms with E-state index < -0.39 is 47.7 Å². The lowest BCUT2D eigenvalue weighted by atomic mass is 9.80. The van der Waals surface area contributed by atoms with Crippen LogP contribution in [0.15, 0.2) is 182 Å². The van der Waals surface area contributed by atoms with E-state index in [1.165, 1.54) is 24.3 Å². The first kappa shape index (κ1) is 63.9. The van der Waals surface area contributed by atoms with Crippen molar-refractivity contribution in [2.75, 3.05) is 0 Å². The molecule has 2 N–H and O–H groups in total. The lowest BCUT2D eigenvalue weighted by Crippen LogP contribution is -2.51. The Morgan fingerprint density at radius 1 is 0.323 bits per heavy atom. The number of carbonyl (C=O) groups is 6. The number of imide groups is 2. The van der Waals surface area contributed by atoms with Crippen molar-refractivity contribution in [3.05, 3.63) is 238 Å². The van der Waals surface area contributed by atoms with E-state index in [-0.39, 0.29) is 123 Å². The van der Waals surface area contributed by atoms with Crippen LogP contribution in [-0.4, -0.2) is 67.7 Å². The second-order valence-corrected chi connectivity index (χ2v) is 29.2. The molecule has 0 fully saturated rings. The van der Waals surface area contributed by atoms with Crippen LogP contribution in [0.1, 0.15) is 158 Å². The number of benzene rings is 11. The van der Waals surface area contributed by atoms with Gasteiger partial charge in [-0.05, 0) is 128 Å². The quantitative estimate of drug-likeness (QED) is 0.0530. The largest absolute Gasteiger partial charge is 0.480 e. The third kappa shape index (κ3) is 11.5. The van der Waals surface area contributed by atoms with Gasteiger partial charge in [0.05, 0.1) is 22.3 Å². The highest BCUT2D eigenvalue weighted by Gasteiger charge is 2.46. The van der Waals surface area contributed by atoms with Crippen LogP contribution in [0.3, 0.4) is 0 Å². The van der Waals surface area contributed by atoms with Crippen molar-refractivity contribution in [1.82, 2.24) is 9.80 Å². The van der Waals surface area contributed by atoms with E-state index in [2.05, 4.69) is 83.1 Å². The van der Waals surface area contributed by atoms with Crippen LogP contribution < -0.4 is 18.9 Å². The Morgan fingerprint density at radius 2 is 0.542 bits per heavy atom. The van der Waals surface area contributed by atoms with E-state index >= 15 is 19.2 Å². The molecule has 96 heavy (non-hydrogen) atoms. The minimum atomic E-state index is -1.69. The fourth-order valence-electron chi connectivity index (χ4n) is 13.3. The molecular weight excluding hydrogens is 1200 g/mol. The molecule has 0 bridgehead atoms. The Balaban J connectivity index is 1.22. The molecule has 0 aliphatic carbocycles. The number of hydrogen-bond acceptors (Lipinski definition) is 10. The number of hydrogen-bond donors (Lipinski definition) is 2. The van der Waals surface area contributed by atoms with Crippen molar-refractivity contribution in [1.29, 1.82) is 0 Å². The Kier molecular flexibility index (Phi) is 15.7. The van der Waals surface area contributed by atoms with Gasteiger partial charge in [-0.25, -0.2) is 9.59 Å². The first-order valence-corrected chi connectivity index (χ1v) is 32.2. The molecule has 0 radical (unpaired) electrons. The Labute approximate surface area is 556 Å². The summed E-state index contributed by atoms with van der Waals surface area (Å²) >= 11 is 0. The zero-order valence-corrected chi connectivity index (χ0v) is 55.8. The van der Waals surface area contributed by atoms with Gasteiger partial charge in [-0.3, -0.25) is 29.0 Å². The molecular formula is C82H74N2O12. The molecule has 14 heteroatoms. The molecule has 11 aromatic carbocycles. The fraction of sp³-hybridized carbons (Fsp3) is 0.244. The van der Waals surface area contributed by atoms with Crippen molar-refractivity contribution < 1.29 is 57.9 Å². The van der Waals surface area contributed by atoms with Crippen molar-refractivity contribution in [3.8, 4) is 46.0 Å². The van der Waals surface area contributed by atoms with Crippen molar-refractivity contribution in [2.45, 2.75) is 130 Å². The average molecular weight is 1280 g/mol. The number of aliphatic carboxylic acids is 2. The van der Waals surface area contributed by atoms with Crippen molar-refractivity contribution in [2.24, 2.45) is 0 Å². The highest BCUT2D eigenvalue weighted by Crippen LogP contribution is 2.58. The number of carboxylic acids is 2. The third-order valence-corrected chi connectivity index (χ3v) is 18.5. The molecule has 2 atom stereocenters. The highest BCUT2D eigenvalue weighted by atomic mass is 16.5. The van der Waals surface area contributed by atoms with Crippen molar-refractivity contribution in [3.63, 3.8) is 0 Å². The predicted molar refractivity (Wildman–Crippen MR) is 373 cm³/mol. The maximum Gasteiger partial charge on any atom is 0.327 e. The minimum absolute atomic E-state index is 0.0425. The normalized spacial score (nSPS) is 14.2. The van der Waals surface area contributed by atoms with E-state index in [1.54, 1.807) is 60.7 Å². The van der Waals surface area contributed by atoms with Crippen LogP contribution in [-0.2, 0) is 44.1 Å². The summed E-state index contributed by atoms with van der Waals surface area (Å²) in [5.41, 5.74) is 3.78. The zero-order valence-electron chi connectivity index (χ0n) is 55.8. The van der Waals surface area contributed by atoms with E-state index in [0.29, 0.717) is 34.1 Å². The SMILES string of the molecule is CC(C)(C)c1ccc(Oc2cc3c4c(cc(Oc5ccc(C(C)(C)C)cc5)c5c6c(Oc7ccc(C(C)(C)C)cc7)cc7c8c(cc(Oc9ccc(C(C)(C)C)cc9)c(c2c45)c86)C(=O)N(C(Cc2ccccc2)C(=O)O)C7=O)C(=O)N(C(Cc2ccccc2)C(=O)O)C3=O)cc1. The Morgan fingerprint density at radius 3 is 0.740 bits per heavy atom. The standard InChI is InChI=1S/C82H74N2O12/c1-79(2,3)47-23-31-51(32-24-47)93-61-41-55-65-56(74(86)83(73(55)85)59(77(89)90)39-45-19-15-13-16-20-45)43-63(95-53-35-27-49(28-36-53)81(7,8)9)69-70-64(96-54-37-29-50(30-38-54)82(10,11)12)44-58-66-57(75(87)84(76(58)88)60(78(91)92)40-46-21-17-14-18-22-46)42-62(68(72(66)70)67(61)71(65)69)94-52-33-25-48(26-34-52)80(4,5)6/h13-38,41-44,59-60H,39-40H2,1-12H3,(H,89,90)(H,91,92). The molecule has 2 heterocycles. The molecule has 13 rings (SSSR count). The summed E-state index contributed by atoms with van der Waals surface area (Å²) in [5, 5.41) is 24.2. The van der Waals surface area contributed by atoms with Gasteiger partial charge in [-0.15, -0.1) is 0 Å². The molecule has 2 aliphatic heterocycles. The lowest BCUT2D eigenvalue weighted by molar-refractivity contribution is -0.142. The third-order valence-electron chi connectivity index (χ3n) is 18.5. The second-order valence-electron chi connectivity index (χ2n) is 29.2. The predicted octanol–water partition coefficient (Wildman–Crippen LogP) is 18.7. The van der Waals surface area contributed by atoms with Gasteiger partial charge >= 0.3 is 11.9 Å². The molecule has 2 aliphatic rings. The smallest absolute Gasteiger partial charge is 0.327 e. The van der Waals surface area contributed by atoms with E-state index in [0.717, 1.165) is 32.1 Å². The molecule has 0 saturated heterocycles. The van der Waals surface area contributed by atoms with Gasteiger partial charge in [0.15, 0.2) is 0 Å². The fourth-order valence-corrected chi connectivity index (χ4v) is 13.3. The van der Waals surface area contributed by atoms with E-state index in [4.69, 9.17) is 18.9 Å². The summed E-state index contributed by atoms with van der Waals surface area (Å²) in [4.78, 5) is 93.2. The van der Waals surface area contributed by atoms with Crippen LogP contribution in [0.2, 0.25) is 0 Å². The van der Waals surface area contributed by atoms with Gasteiger partial charge in [-0.2, -0.15) is 0 Å². The monoisotopic (exact) mass is 1280 g/mol. The van der Waals surface area contributed by atoms with Crippen LogP contribution in [0.4, 0.5) is 0 Å². The number of carboxylic acid groups (broad SMARTS) is 2. The molecule has 484 valence electrons. The van der Waals surface area contributed by atoms with Crippen molar-refractivity contribution >= 4 is 78.7 Å². The molecule has 4 amide bonds. The summed E-state index contributed by atoms with van der Waals surface area (Å²) < 4.78 is 28.9.